The maximum Gasteiger partial charge on any atom is 0.137 e. The lowest BCUT2D eigenvalue weighted by atomic mass is 10.3. The van der Waals surface area contributed by atoms with Gasteiger partial charge >= 0.3 is 0 Å². The Kier molecular flexibility index (Phi) is 5.68. The second kappa shape index (κ2) is 6.54. The van der Waals surface area contributed by atoms with Crippen LogP contribution in [-0.2, 0) is 0 Å². The number of alkyl halides is 1. The second-order valence-corrected chi connectivity index (χ2v) is 4.52. The van der Waals surface area contributed by atoms with Crippen LogP contribution < -0.4 is 4.74 Å². The Bertz CT molecular complexity index is 291. The monoisotopic (exact) mass is 296 g/mol. The molecule has 4 heteroatoms. The Morgan fingerprint density at radius 2 is 2.07 bits per heavy atom. The molecule has 1 rings (SSSR count). The van der Waals surface area contributed by atoms with Crippen molar-refractivity contribution in [2.75, 3.05) is 12.5 Å². The summed E-state index contributed by atoms with van der Waals surface area (Å²) in [5, 5.41) is 0.630. The lowest BCUT2D eigenvalue weighted by molar-refractivity contribution is 0.310. The number of ether oxygens (including phenoxy) is 1. The van der Waals surface area contributed by atoms with Gasteiger partial charge in [0.25, 0.3) is 0 Å². The lowest BCUT2D eigenvalue weighted by Crippen LogP contribution is -1.97. The first-order valence-corrected chi connectivity index (χ1v) is 6.08. The van der Waals surface area contributed by atoms with Crippen molar-refractivity contribution in [3.63, 3.8) is 0 Å². The van der Waals surface area contributed by atoms with Crippen molar-refractivity contribution in [1.82, 2.24) is 0 Å². The summed E-state index contributed by atoms with van der Waals surface area (Å²) in [6.45, 7) is 0.661. The highest BCUT2D eigenvalue weighted by atomic mass is 79.9. The van der Waals surface area contributed by atoms with E-state index >= 15 is 0 Å². The minimum Gasteiger partial charge on any atom is -0.492 e. The first kappa shape index (κ1) is 12.2. The molecule has 0 bridgehead atoms. The molecule has 0 radical (unpaired) electrons. The van der Waals surface area contributed by atoms with Crippen LogP contribution in [0.15, 0.2) is 22.7 Å². The predicted octanol–water partition coefficient (Wildman–Crippen LogP) is 4.50. The molecule has 78 valence electrons. The molecule has 1 aromatic rings. The Morgan fingerprint density at radius 3 is 2.71 bits per heavy atom. The number of benzene rings is 1. The topological polar surface area (TPSA) is 9.23 Å². The average molecular weight is 298 g/mol. The van der Waals surface area contributed by atoms with Gasteiger partial charge in [-0.2, -0.15) is 0 Å². The highest BCUT2D eigenvalue weighted by molar-refractivity contribution is 9.10. The van der Waals surface area contributed by atoms with Crippen molar-refractivity contribution >= 4 is 39.1 Å². The summed E-state index contributed by atoms with van der Waals surface area (Å²) in [6, 6.07) is 5.58. The zero-order valence-corrected chi connectivity index (χ0v) is 10.7. The number of rotatable bonds is 5. The van der Waals surface area contributed by atoms with E-state index in [0.717, 1.165) is 23.1 Å². The number of hydrogen-bond acceptors (Lipinski definition) is 1. The van der Waals surface area contributed by atoms with Crippen molar-refractivity contribution < 1.29 is 4.74 Å². The van der Waals surface area contributed by atoms with Gasteiger partial charge in [0.2, 0.25) is 0 Å². The van der Waals surface area contributed by atoms with Gasteiger partial charge in [-0.3, -0.25) is 0 Å². The third kappa shape index (κ3) is 4.07. The Hall–Kier alpha value is 0.0800. The molecule has 0 aliphatic carbocycles. The molecule has 1 aromatic carbocycles. The number of hydrogen-bond donors (Lipinski definition) is 0. The molecule has 0 amide bonds. The van der Waals surface area contributed by atoms with Crippen LogP contribution >= 0.6 is 39.1 Å². The highest BCUT2D eigenvalue weighted by Gasteiger charge is 2.01. The predicted molar refractivity (Wildman–Crippen MR) is 64.6 cm³/mol. The van der Waals surface area contributed by atoms with Crippen LogP contribution in [0.4, 0.5) is 0 Å². The van der Waals surface area contributed by atoms with E-state index in [2.05, 4.69) is 15.9 Å². The lowest BCUT2D eigenvalue weighted by Gasteiger charge is -2.07. The van der Waals surface area contributed by atoms with Crippen LogP contribution in [0.3, 0.4) is 0 Å². The highest BCUT2D eigenvalue weighted by Crippen LogP contribution is 2.27. The van der Waals surface area contributed by atoms with Gasteiger partial charge in [-0.25, -0.2) is 0 Å². The van der Waals surface area contributed by atoms with E-state index in [-0.39, 0.29) is 0 Å². The van der Waals surface area contributed by atoms with Crippen LogP contribution in [-0.4, -0.2) is 12.5 Å². The third-order valence-electron chi connectivity index (χ3n) is 1.68. The third-order valence-corrected chi connectivity index (χ3v) is 2.74. The van der Waals surface area contributed by atoms with E-state index in [9.17, 15) is 0 Å². The Morgan fingerprint density at radius 1 is 1.29 bits per heavy atom. The first-order chi connectivity index (χ1) is 6.74. The van der Waals surface area contributed by atoms with E-state index in [0.29, 0.717) is 17.5 Å². The number of halogens is 3. The van der Waals surface area contributed by atoms with Crippen molar-refractivity contribution in [2.24, 2.45) is 0 Å². The van der Waals surface area contributed by atoms with E-state index in [1.165, 1.54) is 0 Å². The fraction of sp³-hybridized carbons (Fsp3) is 0.400. The molecule has 0 aliphatic rings. The zero-order chi connectivity index (χ0) is 10.4. The largest absolute Gasteiger partial charge is 0.492 e. The minimum atomic E-state index is 0.630. The van der Waals surface area contributed by atoms with E-state index in [4.69, 9.17) is 27.9 Å². The first-order valence-electron chi connectivity index (χ1n) is 4.38. The molecule has 0 N–H and O–H groups in total. The van der Waals surface area contributed by atoms with Gasteiger partial charge in [-0.1, -0.05) is 27.5 Å². The molecular formula is C10H11BrCl2O. The summed E-state index contributed by atoms with van der Waals surface area (Å²) in [5.41, 5.74) is 0. The molecule has 0 heterocycles. The molecular weight excluding hydrogens is 287 g/mol. The van der Waals surface area contributed by atoms with E-state index in [1.807, 2.05) is 18.2 Å². The van der Waals surface area contributed by atoms with Gasteiger partial charge < -0.3 is 4.74 Å². The quantitative estimate of drug-likeness (QED) is 0.574. The Balaban J connectivity index is 2.42. The van der Waals surface area contributed by atoms with Crippen molar-refractivity contribution in [3.8, 4) is 5.75 Å². The summed E-state index contributed by atoms with van der Waals surface area (Å²) in [7, 11) is 0. The molecule has 0 saturated heterocycles. The standard InChI is InChI=1S/C10H11BrCl2O/c11-8-3-4-10(9(13)7-8)14-6-2-1-5-12/h3-4,7H,1-2,5-6H2. The van der Waals surface area contributed by atoms with Crippen LogP contribution in [0.2, 0.25) is 5.02 Å². The van der Waals surface area contributed by atoms with Crippen LogP contribution in [0, 0.1) is 0 Å². The Labute approximate surface area is 102 Å². The normalized spacial score (nSPS) is 10.2. The fourth-order valence-electron chi connectivity index (χ4n) is 0.971. The molecule has 0 fully saturated rings. The molecule has 0 aliphatic heterocycles. The van der Waals surface area contributed by atoms with E-state index in [1.54, 1.807) is 0 Å². The SMILES string of the molecule is ClCCCCOc1ccc(Br)cc1Cl. The fourth-order valence-corrected chi connectivity index (χ4v) is 1.89. The smallest absolute Gasteiger partial charge is 0.137 e. The maximum absolute atomic E-state index is 5.96. The van der Waals surface area contributed by atoms with Gasteiger partial charge in [0, 0.05) is 10.4 Å². The van der Waals surface area contributed by atoms with Gasteiger partial charge in [0.05, 0.1) is 11.6 Å². The summed E-state index contributed by atoms with van der Waals surface area (Å²) < 4.78 is 6.44. The maximum atomic E-state index is 5.96. The molecule has 14 heavy (non-hydrogen) atoms. The van der Waals surface area contributed by atoms with Crippen molar-refractivity contribution in [2.45, 2.75) is 12.8 Å². The second-order valence-electron chi connectivity index (χ2n) is 2.82. The summed E-state index contributed by atoms with van der Waals surface area (Å²) in [5.74, 6) is 1.40. The van der Waals surface area contributed by atoms with Gasteiger partial charge in [0.15, 0.2) is 0 Å². The molecule has 0 saturated carbocycles. The average Bonchev–Trinajstić information content (AvgIpc) is 2.15. The number of unbranched alkanes of at least 4 members (excludes halogenated alkanes) is 1. The van der Waals surface area contributed by atoms with Crippen molar-refractivity contribution in [1.29, 1.82) is 0 Å². The van der Waals surface area contributed by atoms with Crippen LogP contribution in [0.5, 0.6) is 5.75 Å². The molecule has 0 spiro atoms. The molecule has 0 aromatic heterocycles. The van der Waals surface area contributed by atoms with Crippen molar-refractivity contribution in [3.05, 3.63) is 27.7 Å². The van der Waals surface area contributed by atoms with Gasteiger partial charge in [-0.15, -0.1) is 11.6 Å². The molecule has 0 atom stereocenters. The van der Waals surface area contributed by atoms with Crippen LogP contribution in [0.25, 0.3) is 0 Å². The van der Waals surface area contributed by atoms with E-state index < -0.39 is 0 Å². The summed E-state index contributed by atoms with van der Waals surface area (Å²) in [6.07, 6.45) is 1.92. The van der Waals surface area contributed by atoms with Gasteiger partial charge in [0.1, 0.15) is 5.75 Å². The zero-order valence-electron chi connectivity index (χ0n) is 7.60. The van der Waals surface area contributed by atoms with Gasteiger partial charge in [-0.05, 0) is 31.0 Å². The summed E-state index contributed by atoms with van der Waals surface area (Å²) in [4.78, 5) is 0. The minimum absolute atomic E-state index is 0.630. The molecule has 1 nitrogen and oxygen atoms in total. The van der Waals surface area contributed by atoms with Crippen LogP contribution in [0.1, 0.15) is 12.8 Å². The molecule has 0 unspecified atom stereocenters. The summed E-state index contributed by atoms with van der Waals surface area (Å²) >= 11 is 14.8.